The summed E-state index contributed by atoms with van der Waals surface area (Å²) in [7, 11) is 2.11. The van der Waals surface area contributed by atoms with Crippen LogP contribution in [0.1, 0.15) is 64.8 Å². The van der Waals surface area contributed by atoms with Gasteiger partial charge in [-0.2, -0.15) is 0 Å². The Morgan fingerprint density at radius 3 is 2.44 bits per heavy atom. The van der Waals surface area contributed by atoms with Gasteiger partial charge >= 0.3 is 0 Å². The van der Waals surface area contributed by atoms with Gasteiger partial charge in [-0.3, -0.25) is 14.6 Å². The van der Waals surface area contributed by atoms with Crippen LogP contribution in [0.2, 0.25) is 0 Å². The van der Waals surface area contributed by atoms with Gasteiger partial charge in [0.1, 0.15) is 0 Å². The number of anilines is 1. The Kier molecular flexibility index (Phi) is 8.66. The Balaban J connectivity index is 1.64. The molecular weight excluding hydrogens is 426 g/mol. The van der Waals surface area contributed by atoms with E-state index in [1.54, 1.807) is 24.5 Å². The van der Waals surface area contributed by atoms with E-state index in [2.05, 4.69) is 22.2 Å². The van der Waals surface area contributed by atoms with E-state index in [9.17, 15) is 9.59 Å². The fraction of sp³-hybridized carbons (Fsp3) is 0.519. The van der Waals surface area contributed by atoms with Crippen LogP contribution in [-0.2, 0) is 6.54 Å². The van der Waals surface area contributed by atoms with Crippen LogP contribution < -0.4 is 10.2 Å². The van der Waals surface area contributed by atoms with Crippen molar-refractivity contribution in [2.45, 2.75) is 45.1 Å². The van der Waals surface area contributed by atoms with Gasteiger partial charge in [0.25, 0.3) is 11.8 Å². The Morgan fingerprint density at radius 1 is 0.794 bits per heavy atom. The molecule has 1 N–H and O–H groups in total. The summed E-state index contributed by atoms with van der Waals surface area (Å²) in [5, 5.41) is 3.54. The average molecular weight is 464 g/mol. The highest BCUT2D eigenvalue weighted by Gasteiger charge is 2.24. The van der Waals surface area contributed by atoms with Gasteiger partial charge in [-0.25, -0.2) is 0 Å². The molecule has 0 atom stereocenters. The van der Waals surface area contributed by atoms with Gasteiger partial charge in [-0.15, -0.1) is 0 Å². The number of hydrogen-bond donors (Lipinski definition) is 1. The molecular formula is C27H37N5O2. The lowest BCUT2D eigenvalue weighted by Crippen LogP contribution is -2.35. The highest BCUT2D eigenvalue weighted by Crippen LogP contribution is 2.26. The van der Waals surface area contributed by atoms with Gasteiger partial charge in [0.2, 0.25) is 0 Å². The molecule has 0 unspecified atom stereocenters. The Bertz CT molecular complexity index is 965. The molecule has 7 nitrogen and oxygen atoms in total. The van der Waals surface area contributed by atoms with Crippen LogP contribution in [-0.4, -0.2) is 72.9 Å². The van der Waals surface area contributed by atoms with E-state index in [-0.39, 0.29) is 11.8 Å². The van der Waals surface area contributed by atoms with Crippen molar-refractivity contribution in [3.05, 3.63) is 59.4 Å². The number of likely N-dealkylation sites (N-methyl/N-ethyl adjacent to an activating group) is 1. The number of nitrogens with one attached hydrogen (secondary N) is 1. The third kappa shape index (κ3) is 6.21. The van der Waals surface area contributed by atoms with Crippen molar-refractivity contribution in [3.8, 4) is 0 Å². The van der Waals surface area contributed by atoms with Crippen molar-refractivity contribution >= 4 is 17.5 Å². The minimum atomic E-state index is -0.0182. The first-order valence-electron chi connectivity index (χ1n) is 12.7. The van der Waals surface area contributed by atoms with Crippen LogP contribution in [0.15, 0.2) is 42.7 Å². The fourth-order valence-corrected chi connectivity index (χ4v) is 4.81. The first-order valence-corrected chi connectivity index (χ1v) is 12.7. The maximum atomic E-state index is 13.5. The summed E-state index contributed by atoms with van der Waals surface area (Å²) in [6.07, 6.45) is 9.91. The fourth-order valence-electron chi connectivity index (χ4n) is 4.81. The van der Waals surface area contributed by atoms with E-state index in [1.165, 1.54) is 12.8 Å². The molecule has 0 spiro atoms. The summed E-state index contributed by atoms with van der Waals surface area (Å²) >= 11 is 0. The van der Waals surface area contributed by atoms with Crippen LogP contribution in [0.4, 0.5) is 5.69 Å². The van der Waals surface area contributed by atoms with Crippen LogP contribution in [0.25, 0.3) is 0 Å². The molecule has 1 fully saturated rings. The monoisotopic (exact) mass is 463 g/mol. The molecule has 2 aromatic rings. The Hall–Kier alpha value is -2.77. The van der Waals surface area contributed by atoms with E-state index in [4.69, 9.17) is 0 Å². The Labute approximate surface area is 203 Å². The van der Waals surface area contributed by atoms with E-state index < -0.39 is 0 Å². The van der Waals surface area contributed by atoms with Gasteiger partial charge in [0.15, 0.2) is 0 Å². The zero-order valence-corrected chi connectivity index (χ0v) is 20.3. The van der Waals surface area contributed by atoms with Crippen LogP contribution in [0, 0.1) is 0 Å². The third-order valence-electron chi connectivity index (χ3n) is 6.85. The maximum Gasteiger partial charge on any atom is 0.258 e. The Morgan fingerprint density at radius 2 is 1.59 bits per heavy atom. The second-order valence-corrected chi connectivity index (χ2v) is 9.43. The molecule has 0 saturated carbocycles. The molecule has 0 radical (unpaired) electrons. The molecule has 34 heavy (non-hydrogen) atoms. The van der Waals surface area contributed by atoms with Gasteiger partial charge < -0.3 is 20.0 Å². The van der Waals surface area contributed by atoms with Gasteiger partial charge in [0.05, 0.1) is 0 Å². The lowest BCUT2D eigenvalue weighted by Gasteiger charge is -2.27. The number of rotatable bonds is 2. The first kappa shape index (κ1) is 24.4. The molecule has 2 aliphatic heterocycles. The van der Waals surface area contributed by atoms with Crippen molar-refractivity contribution in [1.29, 1.82) is 0 Å². The summed E-state index contributed by atoms with van der Waals surface area (Å²) in [4.78, 5) is 37.1. The van der Waals surface area contributed by atoms with E-state index >= 15 is 0 Å². The number of amides is 2. The third-order valence-corrected chi connectivity index (χ3v) is 6.85. The lowest BCUT2D eigenvalue weighted by molar-refractivity contribution is 0.0762. The van der Waals surface area contributed by atoms with E-state index in [1.807, 2.05) is 28.0 Å². The quantitative estimate of drug-likeness (QED) is 0.738. The maximum absolute atomic E-state index is 13.5. The van der Waals surface area contributed by atoms with E-state index in [0.29, 0.717) is 24.2 Å². The zero-order chi connectivity index (χ0) is 23.8. The van der Waals surface area contributed by atoms with Crippen molar-refractivity contribution in [2.75, 3.05) is 51.2 Å². The number of nitrogens with zero attached hydrogens (tertiary/aromatic N) is 4. The summed E-state index contributed by atoms with van der Waals surface area (Å²) in [5.41, 5.74) is 3.23. The minimum Gasteiger partial charge on any atom is -0.337 e. The molecule has 1 saturated heterocycles. The molecule has 182 valence electrons. The molecule has 1 aromatic heterocycles. The number of pyridine rings is 1. The van der Waals surface area contributed by atoms with Crippen molar-refractivity contribution in [3.63, 3.8) is 0 Å². The largest absolute Gasteiger partial charge is 0.337 e. The summed E-state index contributed by atoms with van der Waals surface area (Å²) < 4.78 is 0. The van der Waals surface area contributed by atoms with E-state index in [0.717, 1.165) is 69.7 Å². The van der Waals surface area contributed by atoms with Gasteiger partial charge in [0, 0.05) is 61.9 Å². The SMILES string of the molecule is CN1CCCN(C(=O)c2ccc3c(c2)CNCCCCCCCN3C(=O)c2ccncc2)CC1. The van der Waals surface area contributed by atoms with Crippen LogP contribution in [0.5, 0.6) is 0 Å². The number of benzene rings is 1. The molecule has 4 rings (SSSR count). The number of carbonyl (C=O) groups is 2. The number of aromatic nitrogens is 1. The zero-order valence-electron chi connectivity index (χ0n) is 20.3. The highest BCUT2D eigenvalue weighted by atomic mass is 16.2. The second kappa shape index (κ2) is 12.1. The van der Waals surface area contributed by atoms with Crippen molar-refractivity contribution in [2.24, 2.45) is 0 Å². The summed E-state index contributed by atoms with van der Waals surface area (Å²) in [6.45, 7) is 5.69. The molecule has 0 aliphatic carbocycles. The smallest absolute Gasteiger partial charge is 0.258 e. The first-order chi connectivity index (χ1) is 16.6. The molecule has 0 bridgehead atoms. The topological polar surface area (TPSA) is 68.8 Å². The molecule has 2 aliphatic rings. The summed E-state index contributed by atoms with van der Waals surface area (Å²) in [5.74, 6) is 0.0616. The van der Waals surface area contributed by atoms with Crippen LogP contribution in [0.3, 0.4) is 0 Å². The number of carbonyl (C=O) groups excluding carboxylic acids is 2. The standard InChI is InChI=1S/C27H37N5O2/c1-30-15-7-16-31(19-18-30)26(33)23-8-9-25-24(20-23)21-29-12-5-3-2-4-6-17-32(25)27(34)22-10-13-28-14-11-22/h8-11,13-14,20,29H,2-7,12,15-19,21H2,1H3. The minimum absolute atomic E-state index is 0.0182. The van der Waals surface area contributed by atoms with Crippen molar-refractivity contribution < 1.29 is 9.59 Å². The second-order valence-electron chi connectivity index (χ2n) is 9.43. The molecule has 7 heteroatoms. The lowest BCUT2D eigenvalue weighted by atomic mass is 10.0. The predicted molar refractivity (Wildman–Crippen MR) is 135 cm³/mol. The number of fused-ring (bicyclic) bond motifs is 1. The number of hydrogen-bond acceptors (Lipinski definition) is 5. The molecule has 2 amide bonds. The molecule has 3 heterocycles. The predicted octanol–water partition coefficient (Wildman–Crippen LogP) is 3.56. The summed E-state index contributed by atoms with van der Waals surface area (Å²) in [6, 6.07) is 9.40. The average Bonchev–Trinajstić information content (AvgIpc) is 3.08. The normalized spacial score (nSPS) is 18.9. The van der Waals surface area contributed by atoms with Crippen LogP contribution >= 0.6 is 0 Å². The van der Waals surface area contributed by atoms with Gasteiger partial charge in [-0.05, 0) is 75.3 Å². The van der Waals surface area contributed by atoms with Crippen molar-refractivity contribution in [1.82, 2.24) is 20.1 Å². The molecule has 1 aromatic carbocycles. The van der Waals surface area contributed by atoms with Gasteiger partial charge in [-0.1, -0.05) is 19.3 Å². The highest BCUT2D eigenvalue weighted by molar-refractivity contribution is 6.06.